The molecule has 0 bridgehead atoms. The molecule has 96 valence electrons. The Balaban J connectivity index is 2.24. The Morgan fingerprint density at radius 3 is 2.56 bits per heavy atom. The summed E-state index contributed by atoms with van der Waals surface area (Å²) in [6.45, 7) is 0. The maximum atomic E-state index is 13.5. The Kier molecular flexibility index (Phi) is 3.38. The quantitative estimate of drug-likeness (QED) is 0.853. The third-order valence-electron chi connectivity index (χ3n) is 2.66. The standard InChI is InChI=1S/C12H12F3N3/c1-18-5-4-7(17-18)6-10(16)8-2-3-9(13)12(15)11(8)14/h2-5,10H,6,16H2,1H3. The van der Waals surface area contributed by atoms with Gasteiger partial charge in [-0.3, -0.25) is 4.68 Å². The lowest BCUT2D eigenvalue weighted by Crippen LogP contribution is -2.16. The third kappa shape index (κ3) is 2.38. The first-order valence-corrected chi connectivity index (χ1v) is 5.36. The van der Waals surface area contributed by atoms with E-state index in [9.17, 15) is 13.2 Å². The van der Waals surface area contributed by atoms with E-state index in [0.29, 0.717) is 5.69 Å². The van der Waals surface area contributed by atoms with Gasteiger partial charge in [0.1, 0.15) is 0 Å². The summed E-state index contributed by atoms with van der Waals surface area (Å²) in [6.07, 6.45) is 1.98. The minimum absolute atomic E-state index is 0.0560. The van der Waals surface area contributed by atoms with E-state index in [1.54, 1.807) is 24.0 Å². The van der Waals surface area contributed by atoms with Gasteiger partial charge in [-0.05, 0) is 12.1 Å². The molecule has 1 aromatic heterocycles. The van der Waals surface area contributed by atoms with Crippen LogP contribution in [0, 0.1) is 17.5 Å². The van der Waals surface area contributed by atoms with Crippen LogP contribution in [0.1, 0.15) is 17.3 Å². The number of aryl methyl sites for hydroxylation is 1. The third-order valence-corrected chi connectivity index (χ3v) is 2.66. The van der Waals surface area contributed by atoms with E-state index < -0.39 is 23.5 Å². The van der Waals surface area contributed by atoms with Crippen molar-refractivity contribution in [1.82, 2.24) is 9.78 Å². The van der Waals surface area contributed by atoms with Crippen molar-refractivity contribution in [1.29, 1.82) is 0 Å². The van der Waals surface area contributed by atoms with Crippen LogP contribution in [0.5, 0.6) is 0 Å². The highest BCUT2D eigenvalue weighted by atomic mass is 19.2. The fraction of sp³-hybridized carbons (Fsp3) is 0.250. The molecule has 2 rings (SSSR count). The Labute approximate surface area is 102 Å². The first kappa shape index (κ1) is 12.6. The number of nitrogens with two attached hydrogens (primary N) is 1. The van der Waals surface area contributed by atoms with Crippen LogP contribution < -0.4 is 5.73 Å². The molecule has 0 fully saturated rings. The second kappa shape index (κ2) is 4.81. The van der Waals surface area contributed by atoms with Crippen LogP contribution in [0.15, 0.2) is 24.4 Å². The van der Waals surface area contributed by atoms with Crippen LogP contribution in [-0.4, -0.2) is 9.78 Å². The summed E-state index contributed by atoms with van der Waals surface area (Å²) < 4.78 is 40.9. The van der Waals surface area contributed by atoms with Crippen molar-refractivity contribution >= 4 is 0 Å². The summed E-state index contributed by atoms with van der Waals surface area (Å²) in [5.41, 5.74) is 6.38. The molecule has 1 unspecified atom stereocenters. The molecule has 18 heavy (non-hydrogen) atoms. The summed E-state index contributed by atoms with van der Waals surface area (Å²) >= 11 is 0. The molecule has 3 nitrogen and oxygen atoms in total. The average molecular weight is 255 g/mol. The molecule has 0 spiro atoms. The molecule has 0 aliphatic rings. The zero-order valence-corrected chi connectivity index (χ0v) is 9.70. The van der Waals surface area contributed by atoms with Crippen LogP contribution in [0.2, 0.25) is 0 Å². The first-order valence-electron chi connectivity index (χ1n) is 5.36. The van der Waals surface area contributed by atoms with Gasteiger partial charge >= 0.3 is 0 Å². The van der Waals surface area contributed by atoms with Gasteiger partial charge in [-0.25, -0.2) is 13.2 Å². The van der Waals surface area contributed by atoms with E-state index >= 15 is 0 Å². The Bertz CT molecular complexity index is 566. The highest BCUT2D eigenvalue weighted by molar-refractivity contribution is 5.24. The van der Waals surface area contributed by atoms with Crippen molar-refractivity contribution in [2.45, 2.75) is 12.5 Å². The molecule has 0 saturated heterocycles. The molecule has 1 heterocycles. The van der Waals surface area contributed by atoms with Gasteiger partial charge < -0.3 is 5.73 Å². The fourth-order valence-electron chi connectivity index (χ4n) is 1.73. The normalized spacial score (nSPS) is 12.7. The van der Waals surface area contributed by atoms with Crippen LogP contribution in [-0.2, 0) is 13.5 Å². The smallest absolute Gasteiger partial charge is 0.194 e. The van der Waals surface area contributed by atoms with Gasteiger partial charge in [-0.1, -0.05) is 6.07 Å². The summed E-state index contributed by atoms with van der Waals surface area (Å²) in [6, 6.07) is 2.99. The second-order valence-electron chi connectivity index (χ2n) is 4.06. The predicted octanol–water partition coefficient (Wildman–Crippen LogP) is 2.08. The SMILES string of the molecule is Cn1ccc(CC(N)c2ccc(F)c(F)c2F)n1. The van der Waals surface area contributed by atoms with Crippen LogP contribution >= 0.6 is 0 Å². The molecule has 0 radical (unpaired) electrons. The molecule has 6 heteroatoms. The maximum absolute atomic E-state index is 13.5. The number of halogens is 3. The highest BCUT2D eigenvalue weighted by Gasteiger charge is 2.19. The molecule has 0 aliphatic carbocycles. The summed E-state index contributed by atoms with van der Waals surface area (Å²) in [5, 5.41) is 4.09. The number of rotatable bonds is 3. The van der Waals surface area contributed by atoms with Crippen molar-refractivity contribution in [3.63, 3.8) is 0 Å². The van der Waals surface area contributed by atoms with Gasteiger partial charge in [-0.15, -0.1) is 0 Å². The van der Waals surface area contributed by atoms with Gasteiger partial charge in [0.25, 0.3) is 0 Å². The van der Waals surface area contributed by atoms with Gasteiger partial charge in [0.05, 0.1) is 5.69 Å². The van der Waals surface area contributed by atoms with Gasteiger partial charge in [0.2, 0.25) is 0 Å². The van der Waals surface area contributed by atoms with E-state index in [1.165, 1.54) is 0 Å². The first-order chi connectivity index (χ1) is 8.49. The maximum Gasteiger partial charge on any atom is 0.194 e. The summed E-state index contributed by atoms with van der Waals surface area (Å²) in [4.78, 5) is 0. The number of hydrogen-bond donors (Lipinski definition) is 1. The zero-order chi connectivity index (χ0) is 13.3. The molecule has 2 aromatic rings. The van der Waals surface area contributed by atoms with Crippen LogP contribution in [0.3, 0.4) is 0 Å². The lowest BCUT2D eigenvalue weighted by atomic mass is 10.0. The fourth-order valence-corrected chi connectivity index (χ4v) is 1.73. The molecule has 1 atom stereocenters. The minimum atomic E-state index is -1.50. The zero-order valence-electron chi connectivity index (χ0n) is 9.70. The van der Waals surface area contributed by atoms with E-state index in [2.05, 4.69) is 5.10 Å². The summed E-state index contributed by atoms with van der Waals surface area (Å²) in [7, 11) is 1.74. The van der Waals surface area contributed by atoms with E-state index in [1.807, 2.05) is 0 Å². The van der Waals surface area contributed by atoms with Crippen molar-refractivity contribution in [2.75, 3.05) is 0 Å². The molecule has 0 saturated carbocycles. The van der Waals surface area contributed by atoms with Crippen LogP contribution in [0.25, 0.3) is 0 Å². The predicted molar refractivity (Wildman–Crippen MR) is 60.2 cm³/mol. The van der Waals surface area contributed by atoms with Crippen molar-refractivity contribution in [2.24, 2.45) is 12.8 Å². The molecule has 2 N–H and O–H groups in total. The summed E-state index contributed by atoms with van der Waals surface area (Å²) in [5.74, 6) is -3.95. The largest absolute Gasteiger partial charge is 0.324 e. The number of benzene rings is 1. The monoisotopic (exact) mass is 255 g/mol. The van der Waals surface area contributed by atoms with Gasteiger partial charge in [0.15, 0.2) is 17.5 Å². The molecule has 0 amide bonds. The average Bonchev–Trinajstić information content (AvgIpc) is 2.71. The number of hydrogen-bond acceptors (Lipinski definition) is 2. The lowest BCUT2D eigenvalue weighted by molar-refractivity contribution is 0.435. The van der Waals surface area contributed by atoms with E-state index in [-0.39, 0.29) is 12.0 Å². The number of aromatic nitrogens is 2. The van der Waals surface area contributed by atoms with Crippen molar-refractivity contribution in [3.8, 4) is 0 Å². The van der Waals surface area contributed by atoms with E-state index in [0.717, 1.165) is 12.1 Å². The Morgan fingerprint density at radius 2 is 1.94 bits per heavy atom. The topological polar surface area (TPSA) is 43.8 Å². The Morgan fingerprint density at radius 1 is 1.22 bits per heavy atom. The van der Waals surface area contributed by atoms with Crippen LogP contribution in [0.4, 0.5) is 13.2 Å². The molecular weight excluding hydrogens is 243 g/mol. The number of nitrogens with zero attached hydrogens (tertiary/aromatic N) is 2. The van der Waals surface area contributed by atoms with Crippen molar-refractivity contribution < 1.29 is 13.2 Å². The van der Waals surface area contributed by atoms with Gasteiger partial charge in [-0.2, -0.15) is 5.10 Å². The van der Waals surface area contributed by atoms with E-state index in [4.69, 9.17) is 5.73 Å². The second-order valence-corrected chi connectivity index (χ2v) is 4.06. The van der Waals surface area contributed by atoms with Crippen molar-refractivity contribution in [3.05, 3.63) is 53.1 Å². The minimum Gasteiger partial charge on any atom is -0.324 e. The van der Waals surface area contributed by atoms with Gasteiger partial charge in [0, 0.05) is 31.3 Å². The highest BCUT2D eigenvalue weighted by Crippen LogP contribution is 2.22. The molecular formula is C12H12F3N3. The Hall–Kier alpha value is -1.82. The lowest BCUT2D eigenvalue weighted by Gasteiger charge is -2.12. The molecule has 0 aliphatic heterocycles. The molecule has 1 aromatic carbocycles.